The van der Waals surface area contributed by atoms with Crippen LogP contribution in [0.4, 0.5) is 0 Å². The number of carbonyl (C=O) groups is 2. The lowest BCUT2D eigenvalue weighted by Crippen LogP contribution is -2.69. The van der Waals surface area contributed by atoms with E-state index in [9.17, 15) is 9.59 Å². The van der Waals surface area contributed by atoms with Gasteiger partial charge in [0.05, 0.1) is 0 Å². The Morgan fingerprint density at radius 3 is 2.12 bits per heavy atom. The standard InChI is InChI=1S/C12H22N2O2/c1-5-9-10(15)13-12(6-2,7-3)11(16)14(9)8-4/h9H,5-8H2,1-4H3,(H,13,15). The van der Waals surface area contributed by atoms with Crippen molar-refractivity contribution in [2.24, 2.45) is 0 Å². The highest BCUT2D eigenvalue weighted by Gasteiger charge is 2.47. The van der Waals surface area contributed by atoms with Gasteiger partial charge in [0.2, 0.25) is 11.8 Å². The smallest absolute Gasteiger partial charge is 0.248 e. The number of nitrogens with one attached hydrogen (secondary N) is 1. The molecule has 1 saturated heterocycles. The van der Waals surface area contributed by atoms with E-state index in [0.29, 0.717) is 25.8 Å². The molecule has 16 heavy (non-hydrogen) atoms. The van der Waals surface area contributed by atoms with Crippen LogP contribution in [0.5, 0.6) is 0 Å². The summed E-state index contributed by atoms with van der Waals surface area (Å²) in [5, 5.41) is 2.91. The molecule has 2 amide bonds. The fourth-order valence-electron chi connectivity index (χ4n) is 2.43. The highest BCUT2D eigenvalue weighted by molar-refractivity contribution is 5.99. The maximum absolute atomic E-state index is 12.4. The van der Waals surface area contributed by atoms with Crippen LogP contribution in [0.25, 0.3) is 0 Å². The Kier molecular flexibility index (Phi) is 3.94. The van der Waals surface area contributed by atoms with Gasteiger partial charge >= 0.3 is 0 Å². The zero-order chi connectivity index (χ0) is 12.3. The molecule has 1 unspecified atom stereocenters. The van der Waals surface area contributed by atoms with Crippen LogP contribution in [0, 0.1) is 0 Å². The molecule has 1 heterocycles. The lowest BCUT2D eigenvalue weighted by Gasteiger charge is -2.45. The number of hydrogen-bond acceptors (Lipinski definition) is 2. The van der Waals surface area contributed by atoms with Crippen LogP contribution in [-0.4, -0.2) is 34.8 Å². The van der Waals surface area contributed by atoms with Crippen LogP contribution in [0.1, 0.15) is 47.0 Å². The van der Waals surface area contributed by atoms with Crippen molar-refractivity contribution in [1.82, 2.24) is 10.2 Å². The van der Waals surface area contributed by atoms with Crippen LogP contribution in [-0.2, 0) is 9.59 Å². The van der Waals surface area contributed by atoms with Crippen LogP contribution >= 0.6 is 0 Å². The van der Waals surface area contributed by atoms with Gasteiger partial charge in [0.1, 0.15) is 11.6 Å². The van der Waals surface area contributed by atoms with Gasteiger partial charge in [-0.05, 0) is 26.2 Å². The molecule has 0 bridgehead atoms. The van der Waals surface area contributed by atoms with Crippen molar-refractivity contribution in [3.05, 3.63) is 0 Å². The molecule has 1 aliphatic rings. The summed E-state index contributed by atoms with van der Waals surface area (Å²) in [6.45, 7) is 8.36. The Balaban J connectivity index is 3.06. The number of carbonyl (C=O) groups excluding carboxylic acids is 2. The fraction of sp³-hybridized carbons (Fsp3) is 0.833. The van der Waals surface area contributed by atoms with Crippen LogP contribution in [0.2, 0.25) is 0 Å². The van der Waals surface area contributed by atoms with Gasteiger partial charge in [-0.15, -0.1) is 0 Å². The van der Waals surface area contributed by atoms with E-state index in [1.807, 2.05) is 27.7 Å². The highest BCUT2D eigenvalue weighted by atomic mass is 16.2. The predicted molar refractivity (Wildman–Crippen MR) is 62.9 cm³/mol. The van der Waals surface area contributed by atoms with Gasteiger partial charge in [-0.3, -0.25) is 9.59 Å². The van der Waals surface area contributed by atoms with Crippen molar-refractivity contribution in [3.63, 3.8) is 0 Å². The monoisotopic (exact) mass is 226 g/mol. The summed E-state index contributed by atoms with van der Waals surface area (Å²) < 4.78 is 0. The Morgan fingerprint density at radius 1 is 1.19 bits per heavy atom. The minimum absolute atomic E-state index is 0.00681. The van der Waals surface area contributed by atoms with Gasteiger partial charge in [-0.2, -0.15) is 0 Å². The number of amides is 2. The molecule has 1 fully saturated rings. The summed E-state index contributed by atoms with van der Waals surface area (Å²) in [5.41, 5.74) is -0.668. The highest BCUT2D eigenvalue weighted by Crippen LogP contribution is 2.25. The summed E-state index contributed by atoms with van der Waals surface area (Å²) in [6, 6.07) is -0.288. The molecule has 0 aromatic rings. The van der Waals surface area contributed by atoms with E-state index >= 15 is 0 Å². The summed E-state index contributed by atoms with van der Waals surface area (Å²) in [7, 11) is 0. The lowest BCUT2D eigenvalue weighted by molar-refractivity contribution is -0.155. The number of rotatable bonds is 4. The largest absolute Gasteiger partial charge is 0.340 e. The first-order valence-electron chi connectivity index (χ1n) is 6.19. The molecule has 0 aliphatic carbocycles. The third-order valence-electron chi connectivity index (χ3n) is 3.65. The zero-order valence-corrected chi connectivity index (χ0v) is 10.7. The molecule has 1 aliphatic heterocycles. The molecule has 92 valence electrons. The maximum Gasteiger partial charge on any atom is 0.248 e. The van der Waals surface area contributed by atoms with Crippen molar-refractivity contribution < 1.29 is 9.59 Å². The quantitative estimate of drug-likeness (QED) is 0.785. The van der Waals surface area contributed by atoms with Gasteiger partial charge in [-0.1, -0.05) is 20.8 Å². The van der Waals surface area contributed by atoms with Crippen molar-refractivity contribution in [2.45, 2.75) is 58.5 Å². The second-order valence-corrected chi connectivity index (χ2v) is 4.29. The zero-order valence-electron chi connectivity index (χ0n) is 10.7. The molecule has 0 aromatic heterocycles. The SMILES string of the molecule is CCC1C(=O)NC(CC)(CC)C(=O)N1CC. The van der Waals surface area contributed by atoms with Crippen molar-refractivity contribution in [3.8, 4) is 0 Å². The lowest BCUT2D eigenvalue weighted by atomic mass is 9.87. The van der Waals surface area contributed by atoms with E-state index in [-0.39, 0.29) is 17.9 Å². The molecular weight excluding hydrogens is 204 g/mol. The van der Waals surface area contributed by atoms with E-state index in [4.69, 9.17) is 0 Å². The minimum Gasteiger partial charge on any atom is -0.340 e. The molecule has 0 saturated carbocycles. The molecule has 0 spiro atoms. The van der Waals surface area contributed by atoms with Gasteiger partial charge < -0.3 is 10.2 Å². The molecule has 0 aromatic carbocycles. The Labute approximate surface area is 97.4 Å². The molecule has 1 rings (SSSR count). The van der Waals surface area contributed by atoms with Gasteiger partial charge in [0, 0.05) is 6.54 Å². The summed E-state index contributed by atoms with van der Waals surface area (Å²) in [5.74, 6) is 0.0686. The molecule has 4 heteroatoms. The van der Waals surface area contributed by atoms with E-state index < -0.39 is 5.54 Å². The average molecular weight is 226 g/mol. The number of hydrogen-bond donors (Lipinski definition) is 1. The first-order chi connectivity index (χ1) is 7.56. The Bertz CT molecular complexity index is 285. The first kappa shape index (κ1) is 13.0. The van der Waals surface area contributed by atoms with E-state index in [1.165, 1.54) is 0 Å². The molecular formula is C12H22N2O2. The number of nitrogens with zero attached hydrogens (tertiary/aromatic N) is 1. The summed E-state index contributed by atoms with van der Waals surface area (Å²) in [6.07, 6.45) is 1.98. The van der Waals surface area contributed by atoms with Gasteiger partial charge in [0.25, 0.3) is 0 Å². The second kappa shape index (κ2) is 4.85. The first-order valence-corrected chi connectivity index (χ1v) is 6.19. The fourth-order valence-corrected chi connectivity index (χ4v) is 2.43. The van der Waals surface area contributed by atoms with Gasteiger partial charge in [-0.25, -0.2) is 0 Å². The van der Waals surface area contributed by atoms with E-state index in [1.54, 1.807) is 4.90 Å². The van der Waals surface area contributed by atoms with Crippen LogP contribution in [0.15, 0.2) is 0 Å². The van der Waals surface area contributed by atoms with Crippen molar-refractivity contribution in [1.29, 1.82) is 0 Å². The molecule has 4 nitrogen and oxygen atoms in total. The second-order valence-electron chi connectivity index (χ2n) is 4.29. The number of likely N-dealkylation sites (N-methyl/N-ethyl adjacent to an activating group) is 1. The molecule has 0 radical (unpaired) electrons. The van der Waals surface area contributed by atoms with E-state index in [0.717, 1.165) is 0 Å². The summed E-state index contributed by atoms with van der Waals surface area (Å²) >= 11 is 0. The van der Waals surface area contributed by atoms with E-state index in [2.05, 4.69) is 5.32 Å². The van der Waals surface area contributed by atoms with Gasteiger partial charge in [0.15, 0.2) is 0 Å². The molecule has 1 N–H and O–H groups in total. The third-order valence-corrected chi connectivity index (χ3v) is 3.65. The molecule has 1 atom stereocenters. The number of piperazine rings is 1. The van der Waals surface area contributed by atoms with Crippen molar-refractivity contribution >= 4 is 11.8 Å². The normalized spacial score (nSPS) is 24.5. The third kappa shape index (κ3) is 1.81. The van der Waals surface area contributed by atoms with Crippen LogP contribution in [0.3, 0.4) is 0 Å². The van der Waals surface area contributed by atoms with Crippen molar-refractivity contribution in [2.75, 3.05) is 6.54 Å². The van der Waals surface area contributed by atoms with Crippen LogP contribution < -0.4 is 5.32 Å². The minimum atomic E-state index is -0.668. The summed E-state index contributed by atoms with van der Waals surface area (Å²) in [4.78, 5) is 26.0. The Hall–Kier alpha value is -1.06. The maximum atomic E-state index is 12.4. The predicted octanol–water partition coefficient (Wildman–Crippen LogP) is 1.30. The average Bonchev–Trinajstić information content (AvgIpc) is 2.31. The Morgan fingerprint density at radius 2 is 1.75 bits per heavy atom. The topological polar surface area (TPSA) is 49.4 Å².